The van der Waals surface area contributed by atoms with Crippen LogP contribution in [0.2, 0.25) is 12.6 Å². The SMILES string of the molecule is C/C=C(/C)N(B(CC)CC)C(C)C. The lowest BCUT2D eigenvalue weighted by Crippen LogP contribution is -2.41. The van der Waals surface area contributed by atoms with Gasteiger partial charge in [0.1, 0.15) is 0 Å². The summed E-state index contributed by atoms with van der Waals surface area (Å²) < 4.78 is 0. The summed E-state index contributed by atoms with van der Waals surface area (Å²) >= 11 is 0. The zero-order valence-electron chi connectivity index (χ0n) is 10.1. The molecule has 0 N–H and O–H groups in total. The fourth-order valence-corrected chi connectivity index (χ4v) is 1.95. The van der Waals surface area contributed by atoms with E-state index in [1.165, 1.54) is 18.3 Å². The first-order valence-corrected chi connectivity index (χ1v) is 5.49. The van der Waals surface area contributed by atoms with Crippen LogP contribution in [-0.4, -0.2) is 17.7 Å². The molecule has 0 fully saturated rings. The van der Waals surface area contributed by atoms with Crippen molar-refractivity contribution in [3.8, 4) is 0 Å². The van der Waals surface area contributed by atoms with Crippen LogP contribution in [0.15, 0.2) is 11.8 Å². The van der Waals surface area contributed by atoms with Gasteiger partial charge in [0.15, 0.2) is 0 Å². The summed E-state index contributed by atoms with van der Waals surface area (Å²) in [7, 11) is 0. The van der Waals surface area contributed by atoms with Crippen molar-refractivity contribution in [2.75, 3.05) is 0 Å². The Morgan fingerprint density at radius 2 is 1.77 bits per heavy atom. The summed E-state index contributed by atoms with van der Waals surface area (Å²) in [6.07, 6.45) is 4.68. The van der Waals surface area contributed by atoms with Crippen LogP contribution in [0.1, 0.15) is 41.5 Å². The number of hydrogen-bond acceptors (Lipinski definition) is 1. The predicted octanol–water partition coefficient (Wildman–Crippen LogP) is 3.65. The van der Waals surface area contributed by atoms with Gasteiger partial charge in [-0.25, -0.2) is 0 Å². The van der Waals surface area contributed by atoms with Crippen molar-refractivity contribution in [1.29, 1.82) is 0 Å². The molecule has 0 bridgehead atoms. The first-order chi connectivity index (χ1) is 6.08. The fraction of sp³-hybridized carbons (Fsp3) is 0.818. The Balaban J connectivity index is 4.58. The summed E-state index contributed by atoms with van der Waals surface area (Å²) in [5, 5.41) is 0. The molecular formula is C11H24BN. The third-order valence-electron chi connectivity index (χ3n) is 2.72. The standard InChI is InChI=1S/C11H24BN/c1-7-11(6)13(10(4)5)12(8-2)9-3/h7,10H,8-9H2,1-6H3/b11-7-. The molecule has 0 aromatic carbocycles. The van der Waals surface area contributed by atoms with E-state index in [2.05, 4.69) is 52.4 Å². The van der Waals surface area contributed by atoms with Crippen molar-refractivity contribution in [1.82, 2.24) is 4.81 Å². The minimum atomic E-state index is 0.612. The molecule has 0 heterocycles. The zero-order chi connectivity index (χ0) is 10.4. The fourth-order valence-electron chi connectivity index (χ4n) is 1.95. The lowest BCUT2D eigenvalue weighted by Gasteiger charge is -2.35. The van der Waals surface area contributed by atoms with Gasteiger partial charge in [-0.2, -0.15) is 0 Å². The van der Waals surface area contributed by atoms with Crippen LogP contribution in [0.3, 0.4) is 0 Å². The van der Waals surface area contributed by atoms with Crippen molar-refractivity contribution in [3.63, 3.8) is 0 Å². The van der Waals surface area contributed by atoms with E-state index in [0.29, 0.717) is 12.9 Å². The highest BCUT2D eigenvalue weighted by Crippen LogP contribution is 2.16. The third kappa shape index (κ3) is 3.45. The molecule has 2 heteroatoms. The summed E-state index contributed by atoms with van der Waals surface area (Å²) in [4.78, 5) is 2.53. The monoisotopic (exact) mass is 181 g/mol. The normalized spacial score (nSPS) is 12.1. The van der Waals surface area contributed by atoms with Crippen LogP contribution in [0.4, 0.5) is 0 Å². The first-order valence-electron chi connectivity index (χ1n) is 5.49. The van der Waals surface area contributed by atoms with Gasteiger partial charge in [-0.3, -0.25) is 0 Å². The molecule has 0 amide bonds. The van der Waals surface area contributed by atoms with Crippen molar-refractivity contribution < 1.29 is 0 Å². The Morgan fingerprint density at radius 3 is 2.00 bits per heavy atom. The maximum absolute atomic E-state index is 2.53. The van der Waals surface area contributed by atoms with Crippen LogP contribution in [0.5, 0.6) is 0 Å². The molecule has 0 radical (unpaired) electrons. The van der Waals surface area contributed by atoms with Gasteiger partial charge in [0, 0.05) is 6.04 Å². The summed E-state index contributed by atoms with van der Waals surface area (Å²) in [6, 6.07) is 0.612. The van der Waals surface area contributed by atoms with Gasteiger partial charge in [-0.15, -0.1) is 0 Å². The largest absolute Gasteiger partial charge is 0.416 e. The number of hydrogen-bond donors (Lipinski definition) is 0. The van der Waals surface area contributed by atoms with Gasteiger partial charge < -0.3 is 4.81 Å². The van der Waals surface area contributed by atoms with E-state index in [0.717, 1.165) is 0 Å². The molecule has 0 aromatic rings. The maximum atomic E-state index is 2.53. The second-order valence-electron chi connectivity index (χ2n) is 3.90. The molecule has 0 saturated heterocycles. The molecule has 76 valence electrons. The molecule has 0 aromatic heterocycles. The molecule has 0 aliphatic heterocycles. The molecule has 0 saturated carbocycles. The van der Waals surface area contributed by atoms with E-state index in [4.69, 9.17) is 0 Å². The van der Waals surface area contributed by atoms with E-state index in [9.17, 15) is 0 Å². The average molecular weight is 181 g/mol. The summed E-state index contributed by atoms with van der Waals surface area (Å²) in [5.41, 5.74) is 1.41. The number of rotatable bonds is 5. The van der Waals surface area contributed by atoms with E-state index in [1.54, 1.807) is 0 Å². The van der Waals surface area contributed by atoms with Crippen LogP contribution >= 0.6 is 0 Å². The molecular weight excluding hydrogens is 157 g/mol. The van der Waals surface area contributed by atoms with Crippen molar-refractivity contribution >= 4 is 6.85 Å². The minimum absolute atomic E-state index is 0.612. The van der Waals surface area contributed by atoms with Crippen molar-refractivity contribution in [3.05, 3.63) is 11.8 Å². The summed E-state index contributed by atoms with van der Waals surface area (Å²) in [5.74, 6) is 0. The Labute approximate surface area is 84.3 Å². The summed E-state index contributed by atoms with van der Waals surface area (Å²) in [6.45, 7) is 14.1. The highest BCUT2D eigenvalue weighted by molar-refractivity contribution is 6.56. The topological polar surface area (TPSA) is 3.24 Å². The molecule has 0 spiro atoms. The van der Waals surface area contributed by atoms with Gasteiger partial charge in [0.05, 0.1) is 0 Å². The van der Waals surface area contributed by atoms with Gasteiger partial charge in [-0.1, -0.05) is 32.6 Å². The van der Waals surface area contributed by atoms with Crippen LogP contribution in [-0.2, 0) is 0 Å². The maximum Gasteiger partial charge on any atom is 0.253 e. The second kappa shape index (κ2) is 6.12. The van der Waals surface area contributed by atoms with E-state index >= 15 is 0 Å². The average Bonchev–Trinajstić information content (AvgIpc) is 2.12. The molecule has 0 aliphatic carbocycles. The van der Waals surface area contributed by atoms with Gasteiger partial charge in [0.25, 0.3) is 6.85 Å². The quantitative estimate of drug-likeness (QED) is 0.585. The first kappa shape index (κ1) is 12.6. The number of nitrogens with zero attached hydrogens (tertiary/aromatic N) is 1. The van der Waals surface area contributed by atoms with Crippen molar-refractivity contribution in [2.24, 2.45) is 0 Å². The smallest absolute Gasteiger partial charge is 0.253 e. The van der Waals surface area contributed by atoms with Crippen LogP contribution in [0, 0.1) is 0 Å². The number of allylic oxidation sites excluding steroid dienone is 2. The molecule has 1 nitrogen and oxygen atoms in total. The molecule has 0 unspecified atom stereocenters. The highest BCUT2D eigenvalue weighted by Gasteiger charge is 2.21. The minimum Gasteiger partial charge on any atom is -0.416 e. The molecule has 0 aliphatic rings. The highest BCUT2D eigenvalue weighted by atomic mass is 15.1. The van der Waals surface area contributed by atoms with Gasteiger partial charge in [-0.05, 0) is 33.4 Å². The van der Waals surface area contributed by atoms with E-state index < -0.39 is 0 Å². The zero-order valence-corrected chi connectivity index (χ0v) is 10.1. The Morgan fingerprint density at radius 1 is 1.31 bits per heavy atom. The Kier molecular flexibility index (Phi) is 5.93. The Bertz CT molecular complexity index is 159. The van der Waals surface area contributed by atoms with Crippen molar-refractivity contribution in [2.45, 2.75) is 60.2 Å². The van der Waals surface area contributed by atoms with Crippen LogP contribution < -0.4 is 0 Å². The van der Waals surface area contributed by atoms with E-state index in [-0.39, 0.29) is 0 Å². The molecule has 0 rings (SSSR count). The molecule has 13 heavy (non-hydrogen) atoms. The predicted molar refractivity (Wildman–Crippen MR) is 63.1 cm³/mol. The van der Waals surface area contributed by atoms with Gasteiger partial charge in [0.2, 0.25) is 0 Å². The Hall–Kier alpha value is -0.395. The third-order valence-corrected chi connectivity index (χ3v) is 2.72. The molecule has 0 atom stereocenters. The van der Waals surface area contributed by atoms with Gasteiger partial charge >= 0.3 is 0 Å². The lowest BCUT2D eigenvalue weighted by molar-refractivity contribution is 0.435. The second-order valence-corrected chi connectivity index (χ2v) is 3.90. The van der Waals surface area contributed by atoms with Crippen LogP contribution in [0.25, 0.3) is 0 Å². The van der Waals surface area contributed by atoms with E-state index in [1.807, 2.05) is 0 Å². The lowest BCUT2D eigenvalue weighted by atomic mass is 9.54.